The molecule has 6 N–H and O–H groups in total. The fourth-order valence-electron chi connectivity index (χ4n) is 1.65. The molecule has 0 saturated carbocycles. The van der Waals surface area contributed by atoms with Gasteiger partial charge in [0.05, 0.1) is 0 Å². The molecule has 0 aliphatic rings. The molecular formula is C13H18N4O3. The lowest BCUT2D eigenvalue weighted by molar-refractivity contribution is -0.128. The highest BCUT2D eigenvalue weighted by Gasteiger charge is 2.23. The second kappa shape index (κ2) is 7.13. The number of nitrogens with one attached hydrogen (secondary N) is 2. The topological polar surface area (TPSA) is 127 Å². The average molecular weight is 278 g/mol. The van der Waals surface area contributed by atoms with Crippen LogP contribution < -0.4 is 22.1 Å². The van der Waals surface area contributed by atoms with E-state index in [9.17, 15) is 14.4 Å². The first-order valence-corrected chi connectivity index (χ1v) is 6.08. The molecule has 0 spiro atoms. The molecule has 0 fully saturated rings. The maximum atomic E-state index is 11.5. The van der Waals surface area contributed by atoms with Crippen molar-refractivity contribution in [2.24, 2.45) is 11.5 Å². The van der Waals surface area contributed by atoms with Gasteiger partial charge >= 0.3 is 6.03 Å². The van der Waals surface area contributed by atoms with Gasteiger partial charge in [0.15, 0.2) is 6.04 Å². The van der Waals surface area contributed by atoms with E-state index >= 15 is 0 Å². The summed E-state index contributed by atoms with van der Waals surface area (Å²) < 4.78 is 0. The number of hydrogen-bond acceptors (Lipinski definition) is 3. The lowest BCUT2D eigenvalue weighted by Gasteiger charge is -2.12. The fraction of sp³-hybridized carbons (Fsp3) is 0.308. The third kappa shape index (κ3) is 4.97. The van der Waals surface area contributed by atoms with Crippen LogP contribution in [-0.2, 0) is 16.0 Å². The van der Waals surface area contributed by atoms with E-state index in [-0.39, 0.29) is 0 Å². The zero-order valence-electron chi connectivity index (χ0n) is 11.2. The van der Waals surface area contributed by atoms with E-state index in [0.29, 0.717) is 13.0 Å². The van der Waals surface area contributed by atoms with Gasteiger partial charge in [0.1, 0.15) is 0 Å². The summed E-state index contributed by atoms with van der Waals surface area (Å²) in [4.78, 5) is 33.3. The fourth-order valence-corrected chi connectivity index (χ4v) is 1.65. The molecule has 7 nitrogen and oxygen atoms in total. The van der Waals surface area contributed by atoms with Gasteiger partial charge in [0.2, 0.25) is 11.8 Å². The molecule has 1 aromatic rings. The number of benzene rings is 1. The summed E-state index contributed by atoms with van der Waals surface area (Å²) in [6.07, 6.45) is 0.632. The zero-order valence-corrected chi connectivity index (χ0v) is 11.2. The number of urea groups is 1. The van der Waals surface area contributed by atoms with Crippen LogP contribution in [-0.4, -0.2) is 30.4 Å². The molecule has 0 atom stereocenters. The molecule has 20 heavy (non-hydrogen) atoms. The lowest BCUT2D eigenvalue weighted by Crippen LogP contribution is -2.55. The molecule has 7 heteroatoms. The van der Waals surface area contributed by atoms with Crippen molar-refractivity contribution in [3.8, 4) is 0 Å². The Bertz CT molecular complexity index is 502. The van der Waals surface area contributed by atoms with Gasteiger partial charge in [-0.3, -0.25) is 9.59 Å². The number of rotatable bonds is 6. The molecule has 4 amide bonds. The first-order chi connectivity index (χ1) is 9.40. The molecule has 0 unspecified atom stereocenters. The molecular weight excluding hydrogens is 260 g/mol. The minimum atomic E-state index is -1.51. The van der Waals surface area contributed by atoms with Crippen molar-refractivity contribution < 1.29 is 14.4 Å². The van der Waals surface area contributed by atoms with Gasteiger partial charge in [-0.25, -0.2) is 4.79 Å². The smallest absolute Gasteiger partial charge is 0.315 e. The predicted octanol–water partition coefficient (Wildman–Crippen LogP) is -0.824. The Kier molecular flexibility index (Phi) is 5.52. The molecule has 0 heterocycles. The van der Waals surface area contributed by atoms with Gasteiger partial charge in [-0.2, -0.15) is 0 Å². The molecule has 0 aromatic heterocycles. The monoisotopic (exact) mass is 278 g/mol. The number of amides is 4. The Morgan fingerprint density at radius 3 is 2.40 bits per heavy atom. The van der Waals surface area contributed by atoms with Gasteiger partial charge in [0, 0.05) is 6.54 Å². The van der Waals surface area contributed by atoms with Crippen LogP contribution in [0.2, 0.25) is 0 Å². The van der Waals surface area contributed by atoms with Gasteiger partial charge in [0.25, 0.3) is 0 Å². The van der Waals surface area contributed by atoms with Crippen LogP contribution in [0, 0.1) is 6.92 Å². The van der Waals surface area contributed by atoms with Crippen molar-refractivity contribution in [1.29, 1.82) is 0 Å². The first-order valence-electron chi connectivity index (χ1n) is 6.08. The number of hydrogen-bond donors (Lipinski definition) is 4. The van der Waals surface area contributed by atoms with E-state index in [0.717, 1.165) is 11.1 Å². The van der Waals surface area contributed by atoms with E-state index in [1.165, 1.54) is 0 Å². The standard InChI is InChI=1S/C13H18N4O3/c1-8-3-2-4-9(7-8)5-6-16-13(20)17-10(11(14)18)12(15)19/h2-4,7,10H,5-6H2,1H3,(H2,14,18)(H2,15,19)(H2,16,17,20). The van der Waals surface area contributed by atoms with Crippen LogP contribution in [0.5, 0.6) is 0 Å². The maximum absolute atomic E-state index is 11.5. The van der Waals surface area contributed by atoms with E-state index in [2.05, 4.69) is 10.6 Å². The van der Waals surface area contributed by atoms with E-state index < -0.39 is 23.9 Å². The van der Waals surface area contributed by atoms with Crippen molar-refractivity contribution in [2.75, 3.05) is 6.54 Å². The molecule has 0 aliphatic carbocycles. The Morgan fingerprint density at radius 1 is 1.20 bits per heavy atom. The highest BCUT2D eigenvalue weighted by molar-refractivity contribution is 6.05. The first kappa shape index (κ1) is 15.5. The molecule has 0 bridgehead atoms. The second-order valence-corrected chi connectivity index (χ2v) is 4.38. The van der Waals surface area contributed by atoms with Crippen LogP contribution >= 0.6 is 0 Å². The summed E-state index contributed by atoms with van der Waals surface area (Å²) >= 11 is 0. The van der Waals surface area contributed by atoms with Crippen molar-refractivity contribution in [3.63, 3.8) is 0 Å². The minimum Gasteiger partial charge on any atom is -0.367 e. The molecule has 0 radical (unpaired) electrons. The third-order valence-electron chi connectivity index (χ3n) is 2.63. The molecule has 1 rings (SSSR count). The molecule has 0 saturated heterocycles. The largest absolute Gasteiger partial charge is 0.367 e. The molecule has 0 aliphatic heterocycles. The lowest BCUT2D eigenvalue weighted by atomic mass is 10.1. The predicted molar refractivity (Wildman–Crippen MR) is 73.6 cm³/mol. The Labute approximate surface area is 116 Å². The van der Waals surface area contributed by atoms with Gasteiger partial charge in [-0.15, -0.1) is 0 Å². The van der Waals surface area contributed by atoms with E-state index in [1.807, 2.05) is 31.2 Å². The second-order valence-electron chi connectivity index (χ2n) is 4.38. The van der Waals surface area contributed by atoms with Gasteiger partial charge in [-0.05, 0) is 18.9 Å². The van der Waals surface area contributed by atoms with E-state index in [4.69, 9.17) is 11.5 Å². The van der Waals surface area contributed by atoms with E-state index in [1.54, 1.807) is 0 Å². The summed E-state index contributed by atoms with van der Waals surface area (Å²) in [7, 11) is 0. The molecule has 1 aromatic carbocycles. The van der Waals surface area contributed by atoms with Crippen LogP contribution in [0.3, 0.4) is 0 Å². The van der Waals surface area contributed by atoms with Crippen molar-refractivity contribution in [3.05, 3.63) is 35.4 Å². The molecule has 108 valence electrons. The highest BCUT2D eigenvalue weighted by Crippen LogP contribution is 2.03. The van der Waals surface area contributed by atoms with Crippen LogP contribution in [0.15, 0.2) is 24.3 Å². The Morgan fingerprint density at radius 2 is 1.85 bits per heavy atom. The number of carbonyl (C=O) groups is 3. The normalized spacial score (nSPS) is 10.1. The SMILES string of the molecule is Cc1cccc(CCNC(=O)NC(C(N)=O)C(N)=O)c1. The van der Waals surface area contributed by atoms with Gasteiger partial charge < -0.3 is 22.1 Å². The summed E-state index contributed by atoms with van der Waals surface area (Å²) in [6.45, 7) is 2.34. The van der Waals surface area contributed by atoms with Crippen LogP contribution in [0.1, 0.15) is 11.1 Å². The Hall–Kier alpha value is -2.57. The maximum Gasteiger partial charge on any atom is 0.315 e. The van der Waals surface area contributed by atoms with Crippen molar-refractivity contribution in [2.45, 2.75) is 19.4 Å². The average Bonchev–Trinajstić information content (AvgIpc) is 2.35. The van der Waals surface area contributed by atoms with Crippen LogP contribution in [0.4, 0.5) is 4.79 Å². The summed E-state index contributed by atoms with van der Waals surface area (Å²) in [6, 6.07) is 5.70. The zero-order chi connectivity index (χ0) is 15.1. The minimum absolute atomic E-state index is 0.361. The quantitative estimate of drug-likeness (QED) is 0.507. The van der Waals surface area contributed by atoms with Crippen molar-refractivity contribution in [1.82, 2.24) is 10.6 Å². The van der Waals surface area contributed by atoms with Gasteiger partial charge in [-0.1, -0.05) is 29.8 Å². The number of carbonyl (C=O) groups excluding carboxylic acids is 3. The van der Waals surface area contributed by atoms with Crippen molar-refractivity contribution >= 4 is 17.8 Å². The summed E-state index contributed by atoms with van der Waals surface area (Å²) in [5, 5.41) is 4.64. The third-order valence-corrected chi connectivity index (χ3v) is 2.63. The number of nitrogens with two attached hydrogens (primary N) is 2. The van der Waals surface area contributed by atoms with Crippen LogP contribution in [0.25, 0.3) is 0 Å². The number of primary amides is 2. The summed E-state index contributed by atoms with van der Waals surface area (Å²) in [5.74, 6) is -1.99. The Balaban J connectivity index is 2.40. The highest BCUT2D eigenvalue weighted by atomic mass is 16.2. The number of aryl methyl sites for hydroxylation is 1. The summed E-state index contributed by atoms with van der Waals surface area (Å²) in [5.41, 5.74) is 12.1.